The van der Waals surface area contributed by atoms with E-state index >= 15 is 0 Å². The Hall–Kier alpha value is -3.00. The van der Waals surface area contributed by atoms with Crippen LogP contribution in [0.1, 0.15) is 32.6 Å². The molecule has 33 heavy (non-hydrogen) atoms. The van der Waals surface area contributed by atoms with E-state index in [4.69, 9.17) is 9.47 Å². The summed E-state index contributed by atoms with van der Waals surface area (Å²) in [6.07, 6.45) is 4.00. The van der Waals surface area contributed by atoms with Crippen LogP contribution in [0.2, 0.25) is 0 Å². The van der Waals surface area contributed by atoms with Crippen LogP contribution in [0, 0.1) is 0 Å². The van der Waals surface area contributed by atoms with Gasteiger partial charge in [0.05, 0.1) is 23.2 Å². The fourth-order valence-corrected chi connectivity index (χ4v) is 4.58. The minimum Gasteiger partial charge on any atom is -0.486 e. The Bertz CT molecular complexity index is 1160. The van der Waals surface area contributed by atoms with Crippen LogP contribution in [0.4, 0.5) is 0 Å². The Kier molecular flexibility index (Phi) is 7.88. The van der Waals surface area contributed by atoms with Crippen molar-refractivity contribution in [1.29, 1.82) is 0 Å². The van der Waals surface area contributed by atoms with E-state index in [-0.39, 0.29) is 23.3 Å². The van der Waals surface area contributed by atoms with Gasteiger partial charge in [-0.25, -0.2) is 4.98 Å². The van der Waals surface area contributed by atoms with Crippen LogP contribution in [0.15, 0.2) is 58.5 Å². The molecule has 0 saturated carbocycles. The van der Waals surface area contributed by atoms with Crippen LogP contribution in [0.3, 0.4) is 0 Å². The van der Waals surface area contributed by atoms with Gasteiger partial charge in [-0.15, -0.1) is 0 Å². The zero-order chi connectivity index (χ0) is 23.0. The molecule has 0 spiro atoms. The third-order valence-corrected chi connectivity index (χ3v) is 6.47. The van der Waals surface area contributed by atoms with Gasteiger partial charge in [-0.1, -0.05) is 62.2 Å². The van der Waals surface area contributed by atoms with Gasteiger partial charge < -0.3 is 14.8 Å². The molecule has 1 amide bonds. The zero-order valence-corrected chi connectivity index (χ0v) is 19.6. The van der Waals surface area contributed by atoms with Crippen LogP contribution < -0.4 is 20.3 Å². The molecule has 1 aliphatic rings. The van der Waals surface area contributed by atoms with Gasteiger partial charge in [0.25, 0.3) is 5.56 Å². The van der Waals surface area contributed by atoms with Gasteiger partial charge in [-0.3, -0.25) is 14.2 Å². The maximum Gasteiger partial charge on any atom is 0.262 e. The number of carbonyl (C=O) groups excluding carboxylic acids is 1. The third kappa shape index (κ3) is 5.87. The molecule has 8 heteroatoms. The number of hydrogen-bond acceptors (Lipinski definition) is 6. The number of thioether (sulfide) groups is 1. The Morgan fingerprint density at radius 1 is 1.12 bits per heavy atom. The predicted octanol–water partition coefficient (Wildman–Crippen LogP) is 4.03. The van der Waals surface area contributed by atoms with Gasteiger partial charge in [0.15, 0.2) is 16.7 Å². The second-order valence-electron chi connectivity index (χ2n) is 8.02. The third-order valence-electron chi connectivity index (χ3n) is 5.49. The molecule has 3 aromatic rings. The van der Waals surface area contributed by atoms with Crippen molar-refractivity contribution in [2.75, 3.05) is 18.9 Å². The van der Waals surface area contributed by atoms with Crippen LogP contribution in [-0.4, -0.2) is 40.5 Å². The Labute approximate surface area is 197 Å². The maximum atomic E-state index is 13.1. The molecule has 0 radical (unpaired) electrons. The molecule has 1 aromatic heterocycles. The summed E-state index contributed by atoms with van der Waals surface area (Å²) in [6, 6.07) is 14.8. The van der Waals surface area contributed by atoms with Crippen molar-refractivity contribution in [2.24, 2.45) is 0 Å². The average Bonchev–Trinajstić information content (AvgIpc) is 2.85. The van der Waals surface area contributed by atoms with Crippen LogP contribution in [-0.2, 0) is 11.3 Å². The number of carbonyl (C=O) groups is 1. The van der Waals surface area contributed by atoms with Gasteiger partial charge in [0, 0.05) is 6.54 Å². The average molecular weight is 468 g/mol. The highest BCUT2D eigenvalue weighted by molar-refractivity contribution is 7.99. The molecule has 0 aliphatic carbocycles. The number of rotatable bonds is 10. The first-order valence-corrected chi connectivity index (χ1v) is 12.4. The largest absolute Gasteiger partial charge is 0.486 e. The van der Waals surface area contributed by atoms with Gasteiger partial charge in [-0.05, 0) is 30.7 Å². The monoisotopic (exact) mass is 467 g/mol. The molecule has 2 heterocycles. The van der Waals surface area contributed by atoms with Crippen molar-refractivity contribution in [1.82, 2.24) is 14.9 Å². The van der Waals surface area contributed by atoms with Crippen molar-refractivity contribution in [2.45, 2.75) is 50.4 Å². The molecule has 1 aliphatic heterocycles. The van der Waals surface area contributed by atoms with E-state index < -0.39 is 0 Å². The molecule has 174 valence electrons. The standard InChI is InChI=1S/C25H29N3O4S/c1-2-3-4-9-14-28-24(30)19-10-5-6-11-20(19)27-25(28)33-17-23(29)26-15-18-16-31-21-12-7-8-13-22(21)32-18/h5-8,10-13,18H,2-4,9,14-17H2,1H3,(H,26,29). The summed E-state index contributed by atoms with van der Waals surface area (Å²) in [5.74, 6) is 1.44. The fourth-order valence-electron chi connectivity index (χ4n) is 3.72. The Morgan fingerprint density at radius 2 is 1.91 bits per heavy atom. The molecular formula is C25H29N3O4S. The summed E-state index contributed by atoms with van der Waals surface area (Å²) in [7, 11) is 0. The lowest BCUT2D eigenvalue weighted by molar-refractivity contribution is -0.119. The summed E-state index contributed by atoms with van der Waals surface area (Å²) in [5, 5.41) is 4.09. The van der Waals surface area contributed by atoms with Crippen LogP contribution in [0.25, 0.3) is 10.9 Å². The molecular weight excluding hydrogens is 438 g/mol. The SMILES string of the molecule is CCCCCCn1c(SCC(=O)NCC2COc3ccccc3O2)nc2ccccc2c1=O. The first-order chi connectivity index (χ1) is 16.2. The minimum absolute atomic E-state index is 0.0496. The Morgan fingerprint density at radius 3 is 2.76 bits per heavy atom. The normalized spacial score (nSPS) is 14.9. The zero-order valence-electron chi connectivity index (χ0n) is 18.8. The lowest BCUT2D eigenvalue weighted by Crippen LogP contribution is -2.41. The minimum atomic E-state index is -0.246. The number of aromatic nitrogens is 2. The lowest BCUT2D eigenvalue weighted by atomic mass is 10.2. The highest BCUT2D eigenvalue weighted by atomic mass is 32.2. The number of unbranched alkanes of at least 4 members (excludes halogenated alkanes) is 3. The second-order valence-corrected chi connectivity index (χ2v) is 8.96. The van der Waals surface area contributed by atoms with Crippen molar-refractivity contribution in [3.8, 4) is 11.5 Å². The number of amides is 1. The number of nitrogens with zero attached hydrogens (tertiary/aromatic N) is 2. The molecule has 1 N–H and O–H groups in total. The molecule has 2 aromatic carbocycles. The smallest absolute Gasteiger partial charge is 0.262 e. The van der Waals surface area contributed by atoms with Crippen molar-refractivity contribution in [3.63, 3.8) is 0 Å². The fraction of sp³-hybridized carbons (Fsp3) is 0.400. The first kappa shape index (κ1) is 23.2. The number of benzene rings is 2. The summed E-state index contributed by atoms with van der Waals surface area (Å²) in [5.41, 5.74) is 0.605. The van der Waals surface area contributed by atoms with E-state index in [1.165, 1.54) is 11.8 Å². The highest BCUT2D eigenvalue weighted by Gasteiger charge is 2.21. The van der Waals surface area contributed by atoms with E-state index in [1.54, 1.807) is 10.6 Å². The first-order valence-electron chi connectivity index (χ1n) is 11.4. The van der Waals surface area contributed by atoms with Crippen molar-refractivity contribution >= 4 is 28.6 Å². The van der Waals surface area contributed by atoms with E-state index in [9.17, 15) is 9.59 Å². The molecule has 0 saturated heterocycles. The number of nitrogens with one attached hydrogen (secondary N) is 1. The topological polar surface area (TPSA) is 82.5 Å². The Balaban J connectivity index is 1.37. The van der Waals surface area contributed by atoms with Crippen molar-refractivity contribution in [3.05, 3.63) is 58.9 Å². The summed E-state index contributed by atoms with van der Waals surface area (Å²) in [4.78, 5) is 30.3. The van der Waals surface area contributed by atoms with E-state index in [1.807, 2.05) is 42.5 Å². The number of fused-ring (bicyclic) bond motifs is 2. The van der Waals surface area contributed by atoms with Crippen LogP contribution in [0.5, 0.6) is 11.5 Å². The van der Waals surface area contributed by atoms with Gasteiger partial charge in [-0.2, -0.15) is 0 Å². The van der Waals surface area contributed by atoms with Gasteiger partial charge in [0.1, 0.15) is 12.7 Å². The van der Waals surface area contributed by atoms with Crippen LogP contribution >= 0.6 is 11.8 Å². The summed E-state index contributed by atoms with van der Waals surface area (Å²) < 4.78 is 13.3. The molecule has 0 bridgehead atoms. The van der Waals surface area contributed by atoms with Gasteiger partial charge in [0.2, 0.25) is 5.91 Å². The number of ether oxygens (including phenoxy) is 2. The number of para-hydroxylation sites is 3. The predicted molar refractivity (Wildman–Crippen MR) is 130 cm³/mol. The van der Waals surface area contributed by atoms with Crippen molar-refractivity contribution < 1.29 is 14.3 Å². The van der Waals surface area contributed by atoms with E-state index in [0.717, 1.165) is 31.4 Å². The highest BCUT2D eigenvalue weighted by Crippen LogP contribution is 2.30. The molecule has 4 rings (SSSR count). The lowest BCUT2D eigenvalue weighted by Gasteiger charge is -2.26. The second kappa shape index (κ2) is 11.2. The van der Waals surface area contributed by atoms with E-state index in [0.29, 0.717) is 41.5 Å². The maximum absolute atomic E-state index is 13.1. The molecule has 7 nitrogen and oxygen atoms in total. The molecule has 1 atom stereocenters. The molecule has 0 fully saturated rings. The van der Waals surface area contributed by atoms with Gasteiger partial charge >= 0.3 is 0 Å². The number of hydrogen-bond donors (Lipinski definition) is 1. The van der Waals surface area contributed by atoms with E-state index in [2.05, 4.69) is 17.2 Å². The molecule has 1 unspecified atom stereocenters. The quantitative estimate of drug-likeness (QED) is 0.275. The summed E-state index contributed by atoms with van der Waals surface area (Å²) >= 11 is 1.29. The summed E-state index contributed by atoms with van der Waals surface area (Å²) in [6.45, 7) is 3.50.